The Morgan fingerprint density at radius 2 is 2.14 bits per heavy atom. The van der Waals surface area contributed by atoms with Crippen LogP contribution in [0.15, 0.2) is 17.3 Å². The molecular weight excluding hydrogens is 288 g/mol. The Hall–Kier alpha value is -0.920. The van der Waals surface area contributed by atoms with Gasteiger partial charge in [0.2, 0.25) is 10.0 Å². The third kappa shape index (κ3) is 3.64. The van der Waals surface area contributed by atoms with Crippen LogP contribution in [0.5, 0.6) is 0 Å². The molecule has 2 rings (SSSR count). The number of nitrogens with zero attached hydrogens (tertiary/aromatic N) is 3. The summed E-state index contributed by atoms with van der Waals surface area (Å²) < 4.78 is 28.6. The van der Waals surface area contributed by atoms with Gasteiger partial charge in [-0.15, -0.1) is 0 Å². The molecule has 1 aliphatic carbocycles. The highest BCUT2D eigenvalue weighted by molar-refractivity contribution is 7.89. The minimum atomic E-state index is -3.46. The van der Waals surface area contributed by atoms with Gasteiger partial charge in [-0.05, 0) is 31.7 Å². The third-order valence-corrected chi connectivity index (χ3v) is 6.25. The summed E-state index contributed by atoms with van der Waals surface area (Å²) in [5.41, 5.74) is 5.46. The zero-order valence-electron chi connectivity index (χ0n) is 12.9. The molecule has 0 radical (unpaired) electrons. The van der Waals surface area contributed by atoms with E-state index in [2.05, 4.69) is 12.0 Å². The molecule has 0 aromatic carbocycles. The van der Waals surface area contributed by atoms with Gasteiger partial charge in [0, 0.05) is 25.8 Å². The van der Waals surface area contributed by atoms with Crippen molar-refractivity contribution in [2.75, 3.05) is 13.6 Å². The van der Waals surface area contributed by atoms with Gasteiger partial charge in [0.25, 0.3) is 0 Å². The van der Waals surface area contributed by atoms with Crippen LogP contribution in [-0.4, -0.2) is 42.1 Å². The Labute approximate surface area is 127 Å². The minimum Gasteiger partial charge on any atom is -0.330 e. The summed E-state index contributed by atoms with van der Waals surface area (Å²) in [6.45, 7) is 3.36. The van der Waals surface area contributed by atoms with E-state index in [0.29, 0.717) is 19.0 Å². The number of hydrogen-bond donors (Lipinski definition) is 1. The molecule has 0 saturated heterocycles. The van der Waals surface area contributed by atoms with Gasteiger partial charge < -0.3 is 5.73 Å². The maximum absolute atomic E-state index is 12.7. The second-order valence-electron chi connectivity index (χ2n) is 5.93. The highest BCUT2D eigenvalue weighted by Crippen LogP contribution is 2.30. The van der Waals surface area contributed by atoms with Gasteiger partial charge in [0.15, 0.2) is 0 Å². The Balaban J connectivity index is 2.14. The summed E-state index contributed by atoms with van der Waals surface area (Å²) in [5, 5.41) is 4.12. The van der Waals surface area contributed by atoms with Crippen LogP contribution in [0, 0.1) is 5.92 Å². The van der Waals surface area contributed by atoms with E-state index in [9.17, 15) is 8.42 Å². The quantitative estimate of drug-likeness (QED) is 0.861. The molecule has 2 N–H and O–H groups in total. The van der Waals surface area contributed by atoms with E-state index in [1.807, 2.05) is 0 Å². The highest BCUT2D eigenvalue weighted by Gasteiger charge is 2.33. The van der Waals surface area contributed by atoms with E-state index in [0.717, 1.165) is 25.7 Å². The molecule has 0 bridgehead atoms. The first-order valence-corrected chi connectivity index (χ1v) is 9.11. The standard InChI is InChI=1S/C14H26N4O2S/c1-12-6-3-4-7-14(12)17(2)21(19,20)13-10-16-18(11-13)9-5-8-15/h10-12,14H,3-9,15H2,1-2H3. The van der Waals surface area contributed by atoms with Crippen molar-refractivity contribution in [3.63, 3.8) is 0 Å². The van der Waals surface area contributed by atoms with Gasteiger partial charge in [-0.2, -0.15) is 9.40 Å². The van der Waals surface area contributed by atoms with Crippen LogP contribution >= 0.6 is 0 Å². The Kier molecular flexibility index (Phi) is 5.40. The second-order valence-corrected chi connectivity index (χ2v) is 7.93. The zero-order valence-corrected chi connectivity index (χ0v) is 13.7. The molecule has 120 valence electrons. The molecule has 1 aromatic rings. The monoisotopic (exact) mass is 314 g/mol. The van der Waals surface area contributed by atoms with Crippen LogP contribution in [0.2, 0.25) is 0 Å². The molecule has 0 spiro atoms. The number of aryl methyl sites for hydroxylation is 1. The average molecular weight is 314 g/mol. The molecule has 21 heavy (non-hydrogen) atoms. The smallest absolute Gasteiger partial charge is 0.246 e. The molecule has 1 aliphatic rings. The molecule has 2 atom stereocenters. The number of aromatic nitrogens is 2. The summed E-state index contributed by atoms with van der Waals surface area (Å²) in [7, 11) is -1.76. The van der Waals surface area contributed by atoms with Gasteiger partial charge in [0.1, 0.15) is 4.90 Å². The highest BCUT2D eigenvalue weighted by atomic mass is 32.2. The fourth-order valence-electron chi connectivity index (χ4n) is 3.03. The number of rotatable bonds is 6. The maximum Gasteiger partial charge on any atom is 0.246 e. The topological polar surface area (TPSA) is 81.2 Å². The van der Waals surface area contributed by atoms with Gasteiger partial charge in [0.05, 0.1) is 6.20 Å². The fraction of sp³-hybridized carbons (Fsp3) is 0.786. The molecule has 1 aromatic heterocycles. The normalized spacial score (nSPS) is 23.6. The molecule has 1 saturated carbocycles. The van der Waals surface area contributed by atoms with E-state index < -0.39 is 10.0 Å². The lowest BCUT2D eigenvalue weighted by atomic mass is 9.86. The van der Waals surface area contributed by atoms with Crippen molar-refractivity contribution in [1.82, 2.24) is 14.1 Å². The summed E-state index contributed by atoms with van der Waals surface area (Å²) in [6, 6.07) is 0.0936. The Bertz CT molecular complexity index is 555. The minimum absolute atomic E-state index is 0.0936. The van der Waals surface area contributed by atoms with Crippen LogP contribution < -0.4 is 5.73 Å². The van der Waals surface area contributed by atoms with Gasteiger partial charge in [-0.25, -0.2) is 8.42 Å². The fourth-order valence-corrected chi connectivity index (χ4v) is 4.47. The summed E-state index contributed by atoms with van der Waals surface area (Å²) in [4.78, 5) is 0.278. The van der Waals surface area contributed by atoms with Crippen molar-refractivity contribution < 1.29 is 8.42 Å². The zero-order chi connectivity index (χ0) is 15.5. The van der Waals surface area contributed by atoms with Crippen LogP contribution in [0.4, 0.5) is 0 Å². The van der Waals surface area contributed by atoms with E-state index in [-0.39, 0.29) is 10.9 Å². The van der Waals surface area contributed by atoms with Crippen LogP contribution in [0.25, 0.3) is 0 Å². The molecule has 0 aliphatic heterocycles. The third-order valence-electron chi connectivity index (χ3n) is 4.41. The predicted octanol–water partition coefficient (Wildman–Crippen LogP) is 1.43. The van der Waals surface area contributed by atoms with Crippen molar-refractivity contribution in [1.29, 1.82) is 0 Å². The maximum atomic E-state index is 12.7. The molecule has 1 heterocycles. The lowest BCUT2D eigenvalue weighted by Crippen LogP contribution is -2.42. The molecule has 2 unspecified atom stereocenters. The van der Waals surface area contributed by atoms with E-state index in [4.69, 9.17) is 5.73 Å². The molecule has 6 nitrogen and oxygen atoms in total. The molecule has 7 heteroatoms. The van der Waals surface area contributed by atoms with Crippen LogP contribution in [-0.2, 0) is 16.6 Å². The first-order chi connectivity index (χ1) is 9.96. The largest absolute Gasteiger partial charge is 0.330 e. The molecule has 1 fully saturated rings. The van der Waals surface area contributed by atoms with Crippen LogP contribution in [0.1, 0.15) is 39.0 Å². The van der Waals surface area contributed by atoms with Crippen LogP contribution in [0.3, 0.4) is 0 Å². The lowest BCUT2D eigenvalue weighted by Gasteiger charge is -2.35. The van der Waals surface area contributed by atoms with Gasteiger partial charge >= 0.3 is 0 Å². The Morgan fingerprint density at radius 3 is 2.81 bits per heavy atom. The number of hydrogen-bond acceptors (Lipinski definition) is 4. The van der Waals surface area contributed by atoms with Crippen molar-refractivity contribution >= 4 is 10.0 Å². The van der Waals surface area contributed by atoms with Crippen molar-refractivity contribution in [2.45, 2.75) is 56.5 Å². The van der Waals surface area contributed by atoms with Gasteiger partial charge in [-0.3, -0.25) is 4.68 Å². The first-order valence-electron chi connectivity index (χ1n) is 7.67. The summed E-state index contributed by atoms with van der Waals surface area (Å²) in [6.07, 6.45) is 8.17. The van der Waals surface area contributed by atoms with Crippen molar-refractivity contribution in [2.24, 2.45) is 11.7 Å². The first kappa shape index (κ1) is 16.5. The molecular formula is C14H26N4O2S. The van der Waals surface area contributed by atoms with E-state index in [1.165, 1.54) is 12.6 Å². The van der Waals surface area contributed by atoms with E-state index in [1.54, 1.807) is 22.2 Å². The summed E-state index contributed by atoms with van der Waals surface area (Å²) >= 11 is 0. The molecule has 0 amide bonds. The van der Waals surface area contributed by atoms with E-state index >= 15 is 0 Å². The number of nitrogens with two attached hydrogens (primary N) is 1. The number of sulfonamides is 1. The van der Waals surface area contributed by atoms with Crippen molar-refractivity contribution in [3.05, 3.63) is 12.4 Å². The Morgan fingerprint density at radius 1 is 1.43 bits per heavy atom. The summed E-state index contributed by atoms with van der Waals surface area (Å²) in [5.74, 6) is 0.408. The predicted molar refractivity (Wildman–Crippen MR) is 82.3 cm³/mol. The average Bonchev–Trinajstić information content (AvgIpc) is 2.94. The lowest BCUT2D eigenvalue weighted by molar-refractivity contribution is 0.213. The SMILES string of the molecule is CC1CCCCC1N(C)S(=O)(=O)c1cnn(CCCN)c1. The van der Waals surface area contributed by atoms with Gasteiger partial charge in [-0.1, -0.05) is 19.8 Å². The second kappa shape index (κ2) is 6.89. The van der Waals surface area contributed by atoms with Crippen molar-refractivity contribution in [3.8, 4) is 0 Å².